The molecule has 4 aliphatic rings. The quantitative estimate of drug-likeness (QED) is 0.375. The van der Waals surface area contributed by atoms with Crippen molar-refractivity contribution in [2.45, 2.75) is 44.6 Å². The Morgan fingerprint density at radius 1 is 1.27 bits per heavy atom. The molecule has 0 radical (unpaired) electrons. The van der Waals surface area contributed by atoms with Gasteiger partial charge in [0.05, 0.1) is 6.61 Å². The molecule has 6 nitrogen and oxygen atoms in total. The normalized spacial score (nSPS) is 28.6. The highest BCUT2D eigenvalue weighted by atomic mass is 127. The number of carbonyl (C=O) groups is 1. The van der Waals surface area contributed by atoms with Gasteiger partial charge in [-0.3, -0.25) is 4.79 Å². The Bertz CT molecular complexity index is 528. The van der Waals surface area contributed by atoms with Gasteiger partial charge in [-0.25, -0.2) is 4.99 Å². The molecule has 4 rings (SSSR count). The molecule has 2 heterocycles. The number of aliphatic imine (C=N–C) groups is 1. The lowest BCUT2D eigenvalue weighted by atomic mass is 9.87. The highest BCUT2D eigenvalue weighted by molar-refractivity contribution is 14.0. The number of likely N-dealkylation sites (tertiary alicyclic amines) is 1. The van der Waals surface area contributed by atoms with Crippen molar-refractivity contribution in [1.29, 1.82) is 0 Å². The number of guanidine groups is 1. The zero-order valence-corrected chi connectivity index (χ0v) is 18.4. The summed E-state index contributed by atoms with van der Waals surface area (Å²) >= 11 is 0. The number of nitrogens with zero attached hydrogens (tertiary/aromatic N) is 3. The summed E-state index contributed by atoms with van der Waals surface area (Å²) in [7, 11) is 3.59. The monoisotopic (exact) mass is 476 g/mol. The molecule has 2 saturated carbocycles. The molecule has 2 aliphatic carbocycles. The topological polar surface area (TPSA) is 57.2 Å². The van der Waals surface area contributed by atoms with Gasteiger partial charge in [0.1, 0.15) is 6.54 Å². The summed E-state index contributed by atoms with van der Waals surface area (Å²) in [6.07, 6.45) is 7.70. The van der Waals surface area contributed by atoms with E-state index in [1.165, 1.54) is 32.1 Å². The molecule has 7 heteroatoms. The van der Waals surface area contributed by atoms with Gasteiger partial charge in [0, 0.05) is 45.2 Å². The Balaban J connectivity index is 0.00000196. The van der Waals surface area contributed by atoms with Crippen molar-refractivity contribution in [3.05, 3.63) is 0 Å². The van der Waals surface area contributed by atoms with E-state index in [0.29, 0.717) is 11.5 Å². The van der Waals surface area contributed by atoms with Crippen molar-refractivity contribution in [3.63, 3.8) is 0 Å². The molecule has 4 fully saturated rings. The van der Waals surface area contributed by atoms with Crippen LogP contribution in [-0.2, 0) is 9.53 Å². The summed E-state index contributed by atoms with van der Waals surface area (Å²) < 4.78 is 5.67. The van der Waals surface area contributed by atoms with E-state index >= 15 is 0 Å². The predicted octanol–water partition coefficient (Wildman–Crippen LogP) is 1.94. The molecular formula is C19H33IN4O2. The maximum absolute atomic E-state index is 12.0. The summed E-state index contributed by atoms with van der Waals surface area (Å²) in [5.41, 5.74) is 0.308. The van der Waals surface area contributed by atoms with E-state index in [4.69, 9.17) is 9.73 Å². The molecule has 1 spiro atoms. The second-order valence-corrected chi connectivity index (χ2v) is 8.75. The summed E-state index contributed by atoms with van der Waals surface area (Å²) in [6, 6.07) is 0.560. The van der Waals surface area contributed by atoms with Gasteiger partial charge >= 0.3 is 0 Å². The SMILES string of the molecule is CN(C)C(=O)CN=C(NC(C1CC1)C1CC1)N1CCC2(CCOC2)C1.I. The predicted molar refractivity (Wildman–Crippen MR) is 113 cm³/mol. The zero-order chi connectivity index (χ0) is 17.4. The lowest BCUT2D eigenvalue weighted by Gasteiger charge is -2.29. The van der Waals surface area contributed by atoms with E-state index in [9.17, 15) is 4.79 Å². The fraction of sp³-hybridized carbons (Fsp3) is 0.895. The van der Waals surface area contributed by atoms with E-state index < -0.39 is 0 Å². The molecule has 1 N–H and O–H groups in total. The maximum Gasteiger partial charge on any atom is 0.243 e. The third-order valence-electron chi connectivity index (χ3n) is 6.34. The van der Waals surface area contributed by atoms with Gasteiger partial charge < -0.3 is 19.9 Å². The lowest BCUT2D eigenvalue weighted by molar-refractivity contribution is -0.127. The summed E-state index contributed by atoms with van der Waals surface area (Å²) in [4.78, 5) is 20.8. The van der Waals surface area contributed by atoms with E-state index in [1.807, 2.05) is 0 Å². The van der Waals surface area contributed by atoms with Gasteiger partial charge in [-0.2, -0.15) is 0 Å². The molecular weight excluding hydrogens is 443 g/mol. The molecule has 0 aromatic heterocycles. The van der Waals surface area contributed by atoms with Gasteiger partial charge in [0.15, 0.2) is 5.96 Å². The first kappa shape index (κ1) is 20.2. The largest absolute Gasteiger partial charge is 0.381 e. The number of carbonyl (C=O) groups excluding carboxylic acids is 1. The molecule has 148 valence electrons. The Kier molecular flexibility index (Phi) is 6.37. The second-order valence-electron chi connectivity index (χ2n) is 8.75. The number of rotatable bonds is 5. The van der Waals surface area contributed by atoms with Crippen molar-refractivity contribution in [1.82, 2.24) is 15.1 Å². The zero-order valence-electron chi connectivity index (χ0n) is 16.1. The number of amides is 1. The van der Waals surface area contributed by atoms with Gasteiger partial charge in [0.25, 0.3) is 0 Å². The number of halogens is 1. The van der Waals surface area contributed by atoms with Gasteiger partial charge in [-0.05, 0) is 50.4 Å². The Labute approximate surface area is 174 Å². The maximum atomic E-state index is 12.0. The molecule has 1 atom stereocenters. The summed E-state index contributed by atoms with van der Waals surface area (Å²) in [6.45, 7) is 4.03. The number of ether oxygens (including phenoxy) is 1. The highest BCUT2D eigenvalue weighted by Gasteiger charge is 2.45. The average molecular weight is 476 g/mol. The lowest BCUT2D eigenvalue weighted by Crippen LogP contribution is -2.48. The molecule has 0 bridgehead atoms. The van der Waals surface area contributed by atoms with Crippen molar-refractivity contribution < 1.29 is 9.53 Å². The molecule has 1 unspecified atom stereocenters. The van der Waals surface area contributed by atoms with Crippen LogP contribution in [0.1, 0.15) is 38.5 Å². The standard InChI is InChI=1S/C19H32N4O2.HI/c1-22(2)16(24)11-20-18(21-17(14-3-4-14)15-5-6-15)23-9-7-19(12-23)8-10-25-13-19;/h14-15,17H,3-13H2,1-2H3,(H,20,21);1H. The van der Waals surface area contributed by atoms with Crippen LogP contribution in [0.25, 0.3) is 0 Å². The Hall–Kier alpha value is -0.570. The minimum atomic E-state index is 0. The summed E-state index contributed by atoms with van der Waals surface area (Å²) in [5, 5.41) is 3.78. The molecule has 2 aliphatic heterocycles. The van der Waals surface area contributed by atoms with Crippen molar-refractivity contribution >= 4 is 35.8 Å². The third-order valence-corrected chi connectivity index (χ3v) is 6.34. The molecule has 0 aromatic carbocycles. The fourth-order valence-electron chi connectivity index (χ4n) is 4.29. The fourth-order valence-corrected chi connectivity index (χ4v) is 4.29. The average Bonchev–Trinajstić information content (AvgIpc) is 3.53. The first-order chi connectivity index (χ1) is 12.1. The van der Waals surface area contributed by atoms with Crippen LogP contribution in [0.15, 0.2) is 4.99 Å². The van der Waals surface area contributed by atoms with Crippen molar-refractivity contribution in [2.75, 3.05) is 46.9 Å². The first-order valence-corrected chi connectivity index (χ1v) is 9.90. The summed E-state index contributed by atoms with van der Waals surface area (Å²) in [5.74, 6) is 2.65. The van der Waals surface area contributed by atoms with Crippen LogP contribution in [0.4, 0.5) is 0 Å². The smallest absolute Gasteiger partial charge is 0.243 e. The minimum absolute atomic E-state index is 0. The van der Waals surface area contributed by atoms with Gasteiger partial charge in [-0.15, -0.1) is 24.0 Å². The third kappa shape index (κ3) is 4.64. The number of likely N-dealkylation sites (N-methyl/N-ethyl adjacent to an activating group) is 1. The van der Waals surface area contributed by atoms with Crippen LogP contribution in [0, 0.1) is 17.3 Å². The van der Waals surface area contributed by atoms with Crippen LogP contribution >= 0.6 is 24.0 Å². The number of hydrogen-bond acceptors (Lipinski definition) is 3. The van der Waals surface area contributed by atoms with Gasteiger partial charge in [-0.1, -0.05) is 0 Å². The molecule has 26 heavy (non-hydrogen) atoms. The van der Waals surface area contributed by atoms with E-state index in [0.717, 1.165) is 50.5 Å². The number of nitrogens with one attached hydrogen (secondary N) is 1. The van der Waals surface area contributed by atoms with Crippen molar-refractivity contribution in [3.8, 4) is 0 Å². The van der Waals surface area contributed by atoms with E-state index in [2.05, 4.69) is 10.2 Å². The van der Waals surface area contributed by atoms with Crippen LogP contribution in [-0.4, -0.2) is 74.7 Å². The molecule has 0 aromatic rings. The minimum Gasteiger partial charge on any atom is -0.381 e. The highest BCUT2D eigenvalue weighted by Crippen LogP contribution is 2.45. The van der Waals surface area contributed by atoms with Crippen LogP contribution < -0.4 is 5.32 Å². The molecule has 2 saturated heterocycles. The Morgan fingerprint density at radius 2 is 1.96 bits per heavy atom. The first-order valence-electron chi connectivity index (χ1n) is 9.90. The Morgan fingerprint density at radius 3 is 2.50 bits per heavy atom. The van der Waals surface area contributed by atoms with E-state index in [1.54, 1.807) is 19.0 Å². The van der Waals surface area contributed by atoms with Crippen molar-refractivity contribution in [2.24, 2.45) is 22.2 Å². The number of hydrogen-bond donors (Lipinski definition) is 1. The second kappa shape index (κ2) is 8.20. The van der Waals surface area contributed by atoms with E-state index in [-0.39, 0.29) is 36.4 Å². The van der Waals surface area contributed by atoms with Gasteiger partial charge in [0.2, 0.25) is 5.91 Å². The van der Waals surface area contributed by atoms with Crippen LogP contribution in [0.2, 0.25) is 0 Å². The molecule has 1 amide bonds. The van der Waals surface area contributed by atoms with Crippen LogP contribution in [0.5, 0.6) is 0 Å². The van der Waals surface area contributed by atoms with Crippen LogP contribution in [0.3, 0.4) is 0 Å².